The Labute approximate surface area is 118 Å². The number of hydrogen-bond donors (Lipinski definition) is 0. The number of carbonyl (C=O) groups excluding carboxylic acids is 2. The average Bonchev–Trinajstić information content (AvgIpc) is 2.42. The van der Waals surface area contributed by atoms with Crippen LogP contribution in [0.15, 0.2) is 0 Å². The van der Waals surface area contributed by atoms with Gasteiger partial charge in [0.05, 0.1) is 0 Å². The monoisotopic (exact) mass is 270 g/mol. The van der Waals surface area contributed by atoms with Crippen molar-refractivity contribution in [1.82, 2.24) is 0 Å². The minimum atomic E-state index is -0.188. The number of rotatable bonds is 13. The van der Waals surface area contributed by atoms with E-state index in [1.807, 2.05) is 0 Å². The van der Waals surface area contributed by atoms with Crippen molar-refractivity contribution in [1.29, 1.82) is 0 Å². The maximum atomic E-state index is 11.3. The molecule has 0 aliphatic heterocycles. The van der Waals surface area contributed by atoms with Crippen LogP contribution >= 0.6 is 0 Å². The van der Waals surface area contributed by atoms with E-state index in [0.717, 1.165) is 19.1 Å². The Morgan fingerprint density at radius 1 is 1.00 bits per heavy atom. The van der Waals surface area contributed by atoms with E-state index in [-0.39, 0.29) is 18.5 Å². The fourth-order valence-electron chi connectivity index (χ4n) is 1.92. The standard InChI is InChI=1S/C16H30O3/c1-3-4-5-6-7-8-9-10-11-12-16(18)19-14-15(2)13-17/h13,15H,3-12,14H2,1-2H3. The second kappa shape index (κ2) is 13.6. The molecule has 0 spiro atoms. The Morgan fingerprint density at radius 2 is 1.53 bits per heavy atom. The first-order valence-corrected chi connectivity index (χ1v) is 7.81. The third-order valence-electron chi connectivity index (χ3n) is 3.22. The maximum Gasteiger partial charge on any atom is 0.305 e. The van der Waals surface area contributed by atoms with E-state index >= 15 is 0 Å². The van der Waals surface area contributed by atoms with Crippen molar-refractivity contribution in [3.05, 3.63) is 0 Å². The lowest BCUT2D eigenvalue weighted by Gasteiger charge is -2.06. The second-order valence-electron chi connectivity index (χ2n) is 5.37. The molecule has 112 valence electrons. The van der Waals surface area contributed by atoms with Gasteiger partial charge >= 0.3 is 5.97 Å². The van der Waals surface area contributed by atoms with Crippen LogP contribution in [0.1, 0.15) is 78.1 Å². The first-order chi connectivity index (χ1) is 9.20. The number of aldehydes is 1. The van der Waals surface area contributed by atoms with Gasteiger partial charge in [-0.3, -0.25) is 4.79 Å². The van der Waals surface area contributed by atoms with Crippen LogP contribution in [0.4, 0.5) is 0 Å². The van der Waals surface area contributed by atoms with Crippen LogP contribution in [0, 0.1) is 5.92 Å². The van der Waals surface area contributed by atoms with Crippen molar-refractivity contribution in [2.75, 3.05) is 6.61 Å². The molecule has 3 heteroatoms. The second-order valence-corrected chi connectivity index (χ2v) is 5.37. The van der Waals surface area contributed by atoms with Crippen LogP contribution in [0.25, 0.3) is 0 Å². The van der Waals surface area contributed by atoms with Gasteiger partial charge in [0.2, 0.25) is 0 Å². The highest BCUT2D eigenvalue weighted by molar-refractivity contribution is 5.69. The van der Waals surface area contributed by atoms with Crippen LogP contribution in [0.3, 0.4) is 0 Å². The zero-order chi connectivity index (χ0) is 14.3. The van der Waals surface area contributed by atoms with E-state index in [9.17, 15) is 9.59 Å². The van der Waals surface area contributed by atoms with Crippen molar-refractivity contribution in [2.45, 2.75) is 78.1 Å². The van der Waals surface area contributed by atoms with E-state index in [1.54, 1.807) is 6.92 Å². The van der Waals surface area contributed by atoms with Gasteiger partial charge in [0, 0.05) is 12.3 Å². The molecule has 19 heavy (non-hydrogen) atoms. The molecular weight excluding hydrogens is 240 g/mol. The predicted octanol–water partition coefficient (Wildman–Crippen LogP) is 4.29. The highest BCUT2D eigenvalue weighted by atomic mass is 16.5. The summed E-state index contributed by atoms with van der Waals surface area (Å²) in [5, 5.41) is 0. The number of carbonyl (C=O) groups is 2. The van der Waals surface area contributed by atoms with Gasteiger partial charge in [0.1, 0.15) is 12.9 Å². The molecule has 0 aliphatic rings. The summed E-state index contributed by atoms with van der Waals surface area (Å²) in [6.45, 7) is 4.20. The first kappa shape index (κ1) is 18.1. The van der Waals surface area contributed by atoms with Gasteiger partial charge in [-0.1, -0.05) is 65.2 Å². The Bertz CT molecular complexity index is 226. The van der Waals surface area contributed by atoms with Crippen molar-refractivity contribution in [3.63, 3.8) is 0 Å². The summed E-state index contributed by atoms with van der Waals surface area (Å²) in [4.78, 5) is 21.7. The van der Waals surface area contributed by atoms with Crippen LogP contribution in [0.2, 0.25) is 0 Å². The predicted molar refractivity (Wildman–Crippen MR) is 78.0 cm³/mol. The number of esters is 1. The lowest BCUT2D eigenvalue weighted by Crippen LogP contribution is -2.12. The summed E-state index contributed by atoms with van der Waals surface area (Å²) in [7, 11) is 0. The van der Waals surface area contributed by atoms with Gasteiger partial charge in [-0.2, -0.15) is 0 Å². The van der Waals surface area contributed by atoms with Gasteiger partial charge < -0.3 is 9.53 Å². The van der Waals surface area contributed by atoms with E-state index in [2.05, 4.69) is 6.92 Å². The lowest BCUT2D eigenvalue weighted by molar-refractivity contribution is -0.145. The summed E-state index contributed by atoms with van der Waals surface area (Å²) in [6.07, 6.45) is 12.5. The lowest BCUT2D eigenvalue weighted by atomic mass is 10.1. The zero-order valence-corrected chi connectivity index (χ0v) is 12.7. The van der Waals surface area contributed by atoms with Crippen LogP contribution in [-0.4, -0.2) is 18.9 Å². The Balaban J connectivity index is 3.20. The average molecular weight is 270 g/mol. The van der Waals surface area contributed by atoms with Crippen LogP contribution < -0.4 is 0 Å². The zero-order valence-electron chi connectivity index (χ0n) is 12.7. The minimum absolute atomic E-state index is 0.170. The van der Waals surface area contributed by atoms with Gasteiger partial charge in [0.15, 0.2) is 0 Å². The molecule has 0 aromatic carbocycles. The van der Waals surface area contributed by atoms with Gasteiger partial charge in [-0.25, -0.2) is 0 Å². The summed E-state index contributed by atoms with van der Waals surface area (Å²) >= 11 is 0. The van der Waals surface area contributed by atoms with E-state index in [4.69, 9.17) is 4.74 Å². The summed E-state index contributed by atoms with van der Waals surface area (Å²) in [6, 6.07) is 0. The molecule has 0 radical (unpaired) electrons. The van der Waals surface area contributed by atoms with E-state index in [0.29, 0.717) is 6.42 Å². The third kappa shape index (κ3) is 13.4. The molecule has 1 unspecified atom stereocenters. The molecule has 0 aromatic rings. The van der Waals surface area contributed by atoms with E-state index < -0.39 is 0 Å². The Morgan fingerprint density at radius 3 is 2.05 bits per heavy atom. The molecule has 3 nitrogen and oxygen atoms in total. The molecule has 0 N–H and O–H groups in total. The van der Waals surface area contributed by atoms with Gasteiger partial charge in [-0.15, -0.1) is 0 Å². The van der Waals surface area contributed by atoms with Crippen molar-refractivity contribution in [3.8, 4) is 0 Å². The highest BCUT2D eigenvalue weighted by Crippen LogP contribution is 2.10. The first-order valence-electron chi connectivity index (χ1n) is 7.81. The maximum absolute atomic E-state index is 11.3. The summed E-state index contributed by atoms with van der Waals surface area (Å²) in [5.41, 5.74) is 0. The SMILES string of the molecule is CCCCCCCCCCCC(=O)OCC(C)C=O. The molecule has 0 amide bonds. The molecular formula is C16H30O3. The number of ether oxygens (including phenoxy) is 1. The van der Waals surface area contributed by atoms with Crippen LogP contribution in [0.5, 0.6) is 0 Å². The topological polar surface area (TPSA) is 43.4 Å². The molecule has 0 heterocycles. The molecule has 0 rings (SSSR count). The van der Waals surface area contributed by atoms with Crippen molar-refractivity contribution in [2.24, 2.45) is 5.92 Å². The Hall–Kier alpha value is -0.860. The number of hydrogen-bond acceptors (Lipinski definition) is 3. The van der Waals surface area contributed by atoms with Crippen LogP contribution in [-0.2, 0) is 14.3 Å². The molecule has 0 aliphatic carbocycles. The van der Waals surface area contributed by atoms with E-state index in [1.165, 1.54) is 44.9 Å². The van der Waals surface area contributed by atoms with Gasteiger partial charge in [-0.05, 0) is 6.42 Å². The molecule has 1 atom stereocenters. The minimum Gasteiger partial charge on any atom is -0.465 e. The molecule has 0 saturated heterocycles. The Kier molecular flexibility index (Phi) is 13.0. The fourth-order valence-corrected chi connectivity index (χ4v) is 1.92. The quantitative estimate of drug-likeness (QED) is 0.285. The van der Waals surface area contributed by atoms with Gasteiger partial charge in [0.25, 0.3) is 0 Å². The molecule has 0 fully saturated rings. The summed E-state index contributed by atoms with van der Waals surface area (Å²) < 4.78 is 5.00. The molecule has 0 aromatic heterocycles. The third-order valence-corrected chi connectivity index (χ3v) is 3.22. The molecule has 0 bridgehead atoms. The number of unbranched alkanes of at least 4 members (excludes halogenated alkanes) is 8. The normalized spacial score (nSPS) is 12.1. The smallest absolute Gasteiger partial charge is 0.305 e. The van der Waals surface area contributed by atoms with Crippen molar-refractivity contribution >= 4 is 12.3 Å². The molecule has 0 saturated carbocycles. The fraction of sp³-hybridized carbons (Fsp3) is 0.875. The largest absolute Gasteiger partial charge is 0.465 e. The summed E-state index contributed by atoms with van der Waals surface area (Å²) in [5.74, 6) is -0.358. The van der Waals surface area contributed by atoms with Crippen molar-refractivity contribution < 1.29 is 14.3 Å². The highest BCUT2D eigenvalue weighted by Gasteiger charge is 2.05.